The third-order valence-electron chi connectivity index (χ3n) is 6.11. The lowest BCUT2D eigenvalue weighted by molar-refractivity contribution is -0.876. The first kappa shape index (κ1) is 26.8. The number of rotatable bonds is 10. The van der Waals surface area contributed by atoms with E-state index >= 15 is 0 Å². The number of nitrogens with two attached hydrogens (primary N) is 1. The highest BCUT2D eigenvalue weighted by Crippen LogP contribution is 2.40. The highest BCUT2D eigenvalue weighted by molar-refractivity contribution is 8.00. The predicted molar refractivity (Wildman–Crippen MR) is 145 cm³/mol. The van der Waals surface area contributed by atoms with Crippen LogP contribution in [0.4, 0.5) is 0 Å². The number of fused-ring (bicyclic) bond motifs is 2. The van der Waals surface area contributed by atoms with E-state index in [2.05, 4.69) is 5.32 Å². The largest absolute Gasteiger partial charge is 0.477 e. The molecule has 0 aromatic heterocycles. The van der Waals surface area contributed by atoms with Crippen molar-refractivity contribution < 1.29 is 28.8 Å². The van der Waals surface area contributed by atoms with Crippen molar-refractivity contribution in [1.29, 1.82) is 0 Å². The van der Waals surface area contributed by atoms with Gasteiger partial charge in [0.15, 0.2) is 6.54 Å². The first-order valence-electron chi connectivity index (χ1n) is 11.6. The zero-order valence-electron chi connectivity index (χ0n) is 20.5. The topological polar surface area (TPSA) is 130 Å². The zero-order valence-corrected chi connectivity index (χ0v) is 22.2. The van der Waals surface area contributed by atoms with E-state index in [-0.39, 0.29) is 23.9 Å². The van der Waals surface area contributed by atoms with E-state index in [1.165, 1.54) is 28.4 Å². The molecule has 0 saturated carbocycles. The Morgan fingerprint density at radius 2 is 1.95 bits per heavy atom. The molecule has 0 aliphatic carbocycles. The summed E-state index contributed by atoms with van der Waals surface area (Å²) in [7, 11) is 3.69. The van der Waals surface area contributed by atoms with Gasteiger partial charge in [-0.25, -0.2) is 4.79 Å². The summed E-state index contributed by atoms with van der Waals surface area (Å²) < 4.78 is 0.325. The summed E-state index contributed by atoms with van der Waals surface area (Å²) >= 11 is 2.80. The van der Waals surface area contributed by atoms with Gasteiger partial charge in [0.2, 0.25) is 5.91 Å². The van der Waals surface area contributed by atoms with Gasteiger partial charge in [-0.2, -0.15) is 0 Å². The van der Waals surface area contributed by atoms with Crippen LogP contribution in [0, 0.1) is 0 Å². The van der Waals surface area contributed by atoms with Crippen molar-refractivity contribution in [3.63, 3.8) is 0 Å². The molecule has 1 fully saturated rings. The molecule has 0 radical (unpaired) electrons. The number of carbonyl (C=O) groups excluding carboxylic acids is 3. The maximum atomic E-state index is 12.9. The Hall–Kier alpha value is -3.28. The number of nitrogens with one attached hydrogen (secondary N) is 1. The molecule has 0 bridgehead atoms. The molecule has 2 heterocycles. The minimum Gasteiger partial charge on any atom is -0.477 e. The van der Waals surface area contributed by atoms with Crippen molar-refractivity contribution in [3.8, 4) is 0 Å². The van der Waals surface area contributed by atoms with Crippen LogP contribution in [-0.4, -0.2) is 88.3 Å². The van der Waals surface area contributed by atoms with E-state index in [0.29, 0.717) is 22.4 Å². The fraction of sp³-hybridized carbons (Fsp3) is 0.308. The summed E-state index contributed by atoms with van der Waals surface area (Å²) in [6.45, 7) is 0.617. The molecule has 4 rings (SSSR count). The van der Waals surface area contributed by atoms with Crippen LogP contribution in [0.15, 0.2) is 70.8 Å². The number of benzene rings is 2. The van der Waals surface area contributed by atoms with Crippen molar-refractivity contribution in [2.75, 3.05) is 38.7 Å². The van der Waals surface area contributed by atoms with E-state index < -0.39 is 29.2 Å². The number of likely N-dealkylation sites (N-methyl/N-ethyl adjacent to an activating group) is 1. The Balaban J connectivity index is 1.37. The second kappa shape index (κ2) is 11.0. The lowest BCUT2D eigenvalue weighted by Gasteiger charge is -2.49. The summed E-state index contributed by atoms with van der Waals surface area (Å²) in [6, 6.07) is 13.2. The number of hydrogen-bond donors (Lipinski definition) is 3. The molecule has 2 aromatic carbocycles. The normalized spacial score (nSPS) is 19.6. The monoisotopic (exact) mass is 541 g/mol. The van der Waals surface area contributed by atoms with Crippen molar-refractivity contribution in [2.24, 2.45) is 5.73 Å². The van der Waals surface area contributed by atoms with Gasteiger partial charge >= 0.3 is 5.97 Å². The third kappa shape index (κ3) is 6.17. The Kier molecular flexibility index (Phi) is 7.96. The third-order valence-corrected chi connectivity index (χ3v) is 8.41. The molecule has 9 nitrogen and oxygen atoms in total. The first-order chi connectivity index (χ1) is 17.6. The minimum atomic E-state index is -1.19. The lowest BCUT2D eigenvalue weighted by Crippen LogP contribution is -2.70. The number of carboxylic acids is 1. The fourth-order valence-corrected chi connectivity index (χ4v) is 6.43. The zero-order chi connectivity index (χ0) is 26.7. The van der Waals surface area contributed by atoms with E-state index in [4.69, 9.17) is 5.73 Å². The van der Waals surface area contributed by atoms with Gasteiger partial charge in [-0.3, -0.25) is 19.3 Å². The average molecular weight is 542 g/mol. The van der Waals surface area contributed by atoms with E-state index in [1.807, 2.05) is 56.6 Å². The van der Waals surface area contributed by atoms with Crippen LogP contribution in [0.2, 0.25) is 0 Å². The molecule has 1 saturated heterocycles. The highest BCUT2D eigenvalue weighted by Gasteiger charge is 2.53. The molecule has 0 spiro atoms. The molecular weight excluding hydrogens is 512 g/mol. The summed E-state index contributed by atoms with van der Waals surface area (Å²) in [5.41, 5.74) is 5.73. The molecule has 2 atom stereocenters. The van der Waals surface area contributed by atoms with Gasteiger partial charge in [0.05, 0.1) is 26.4 Å². The SMILES string of the molecule is C[N+](C)(C/C=C/C1=C(C(=O)O)N2C(=O)[C@@H](NC(=O)CSc3ccc4ccccc4c3)[C@H]2SC1)CC(N)=O. The molecule has 4 N–H and O–H groups in total. The summed E-state index contributed by atoms with van der Waals surface area (Å²) in [5.74, 6) is -1.80. The number of primary amides is 1. The van der Waals surface area contributed by atoms with Gasteiger partial charge in [-0.1, -0.05) is 36.4 Å². The van der Waals surface area contributed by atoms with Crippen LogP contribution in [0.25, 0.3) is 10.8 Å². The smallest absolute Gasteiger partial charge is 0.352 e. The van der Waals surface area contributed by atoms with E-state index in [9.17, 15) is 24.3 Å². The van der Waals surface area contributed by atoms with Crippen molar-refractivity contribution in [1.82, 2.24) is 10.2 Å². The summed E-state index contributed by atoms with van der Waals surface area (Å²) in [6.07, 6.45) is 3.47. The molecule has 2 aliphatic heterocycles. The molecule has 194 valence electrons. The maximum absolute atomic E-state index is 12.9. The molecule has 11 heteroatoms. The minimum absolute atomic E-state index is 0.0683. The Morgan fingerprint density at radius 1 is 1.22 bits per heavy atom. The van der Waals surface area contributed by atoms with Crippen molar-refractivity contribution in [3.05, 3.63) is 65.9 Å². The number of thioether (sulfide) groups is 2. The van der Waals surface area contributed by atoms with Crippen LogP contribution < -0.4 is 11.1 Å². The number of nitrogens with zero attached hydrogens (tertiary/aromatic N) is 2. The summed E-state index contributed by atoms with van der Waals surface area (Å²) in [5, 5.41) is 14.3. The molecule has 0 unspecified atom stereocenters. The van der Waals surface area contributed by atoms with Gasteiger partial charge < -0.3 is 20.6 Å². The number of quaternary nitrogens is 1. The second-order valence-corrected chi connectivity index (χ2v) is 11.7. The number of hydrogen-bond acceptors (Lipinski definition) is 6. The second-order valence-electron chi connectivity index (χ2n) is 9.58. The highest BCUT2D eigenvalue weighted by atomic mass is 32.2. The van der Waals surface area contributed by atoms with Crippen LogP contribution in [0.1, 0.15) is 0 Å². The number of allylic oxidation sites excluding steroid dienone is 1. The number of amides is 3. The lowest BCUT2D eigenvalue weighted by atomic mass is 10.0. The first-order valence-corrected chi connectivity index (χ1v) is 13.7. The molecular formula is C26H29N4O5S2+. The van der Waals surface area contributed by atoms with Crippen LogP contribution >= 0.6 is 23.5 Å². The predicted octanol–water partition coefficient (Wildman–Crippen LogP) is 1.79. The van der Waals surface area contributed by atoms with Crippen molar-refractivity contribution in [2.45, 2.75) is 16.3 Å². The van der Waals surface area contributed by atoms with Crippen LogP contribution in [0.3, 0.4) is 0 Å². The van der Waals surface area contributed by atoms with Gasteiger partial charge in [0, 0.05) is 10.6 Å². The van der Waals surface area contributed by atoms with Crippen molar-refractivity contribution >= 4 is 58.0 Å². The Bertz CT molecular complexity index is 1320. The maximum Gasteiger partial charge on any atom is 0.352 e. The number of aliphatic carboxylic acids is 1. The molecule has 3 amide bonds. The quantitative estimate of drug-likeness (QED) is 0.238. The Labute approximate surface area is 223 Å². The van der Waals surface area contributed by atoms with Gasteiger partial charge in [0.1, 0.15) is 17.1 Å². The standard InChI is InChI=1S/C26H28N4O5S2/c1-30(2,13-20(27)31)11-5-8-18-14-37-25-22(24(33)29(25)23(18)26(34)35)28-21(32)15-36-19-10-9-16-6-3-4-7-17(16)12-19/h3-10,12,22,25H,11,13-15H2,1-2H3,(H3-,27,28,31,32,34,35)/p+1/b8-5+/t22-,25-/m1/s1. The van der Waals surface area contributed by atoms with Crippen LogP contribution in [0.5, 0.6) is 0 Å². The van der Waals surface area contributed by atoms with E-state index in [0.717, 1.165) is 15.7 Å². The number of β-lactam (4-membered cyclic amide) rings is 1. The van der Waals surface area contributed by atoms with Gasteiger partial charge in [-0.15, -0.1) is 23.5 Å². The Morgan fingerprint density at radius 3 is 2.65 bits per heavy atom. The number of carboxylic acid groups (broad SMARTS) is 1. The van der Waals surface area contributed by atoms with Gasteiger partial charge in [-0.05, 0) is 34.6 Å². The fourth-order valence-electron chi connectivity index (χ4n) is 4.36. The molecule has 37 heavy (non-hydrogen) atoms. The number of carbonyl (C=O) groups is 4. The molecule has 2 aromatic rings. The average Bonchev–Trinajstić information content (AvgIpc) is 2.84. The van der Waals surface area contributed by atoms with Crippen LogP contribution in [-0.2, 0) is 19.2 Å². The van der Waals surface area contributed by atoms with Gasteiger partial charge in [0.25, 0.3) is 11.8 Å². The molecule has 2 aliphatic rings. The summed E-state index contributed by atoms with van der Waals surface area (Å²) in [4.78, 5) is 51.0. The van der Waals surface area contributed by atoms with E-state index in [1.54, 1.807) is 12.2 Å².